The van der Waals surface area contributed by atoms with Crippen molar-refractivity contribution in [1.82, 2.24) is 0 Å². The summed E-state index contributed by atoms with van der Waals surface area (Å²) in [7, 11) is 0. The molecule has 3 aromatic rings. The van der Waals surface area contributed by atoms with Crippen molar-refractivity contribution in [3.05, 3.63) is 108 Å². The monoisotopic (exact) mass is 468 g/mol. The molecule has 0 spiro atoms. The topological polar surface area (TPSA) is 105 Å². The van der Waals surface area contributed by atoms with Gasteiger partial charge in [-0.25, -0.2) is 0 Å². The number of carbonyl (C=O) groups is 2. The maximum Gasteiger partial charge on any atom is 1.00 e. The van der Waals surface area contributed by atoms with Gasteiger partial charge in [0.05, 0.1) is 17.6 Å². The molecule has 0 saturated carbocycles. The molecule has 4 rings (SSSR count). The van der Waals surface area contributed by atoms with E-state index in [1.54, 1.807) is 42.5 Å². The predicted molar refractivity (Wildman–Crippen MR) is 117 cm³/mol. The number of nitrogens with zero attached hydrogens (tertiary/aromatic N) is 2. The zero-order chi connectivity index (χ0) is 22.6. The first-order valence-electron chi connectivity index (χ1n) is 9.98. The van der Waals surface area contributed by atoms with Crippen molar-refractivity contribution in [2.45, 2.75) is 12.0 Å². The number of allylic oxidation sites excluding steroid dienone is 2. The molecular weight excluding hydrogens is 450 g/mol. The Bertz CT molecular complexity index is 1240. The van der Waals surface area contributed by atoms with Crippen LogP contribution in [0.25, 0.3) is 16.7 Å². The average molecular weight is 468 g/mol. The second kappa shape index (κ2) is 12.4. The van der Waals surface area contributed by atoms with Gasteiger partial charge in [0.25, 0.3) is 0 Å². The molecule has 1 atom stereocenters. The maximum atomic E-state index is 11.9. The summed E-state index contributed by atoms with van der Waals surface area (Å²) < 4.78 is 0. The van der Waals surface area contributed by atoms with Gasteiger partial charge in [0.2, 0.25) is 0 Å². The molecule has 0 radical (unpaired) electrons. The second-order valence-electron chi connectivity index (χ2n) is 7.39. The minimum absolute atomic E-state index is 0. The standard InChI is InChI=1S/C26H20N2O4.2Na/c29-24(30)22-8-6-19(7-9-22)20-10-12-23(13-11-20)27-28-26(25(31)32)16-14-21(15-17-26)18-4-2-1-3-5-18;;/h1-16H,17H2,(H,29,30)(H,31,32);;/q;2*+1/p-2. The molecule has 1 unspecified atom stereocenters. The summed E-state index contributed by atoms with van der Waals surface area (Å²) in [6, 6.07) is 23.1. The molecule has 34 heavy (non-hydrogen) atoms. The zero-order valence-electron chi connectivity index (χ0n) is 19.0. The summed E-state index contributed by atoms with van der Waals surface area (Å²) in [6.07, 6.45) is 5.21. The van der Waals surface area contributed by atoms with Gasteiger partial charge < -0.3 is 19.8 Å². The van der Waals surface area contributed by atoms with E-state index in [-0.39, 0.29) is 71.1 Å². The van der Waals surface area contributed by atoms with Gasteiger partial charge in [0, 0.05) is 6.42 Å². The van der Waals surface area contributed by atoms with Crippen molar-refractivity contribution < 1.29 is 78.9 Å². The van der Waals surface area contributed by atoms with E-state index in [4.69, 9.17) is 0 Å². The van der Waals surface area contributed by atoms with Crippen LogP contribution in [0.1, 0.15) is 22.3 Å². The Morgan fingerprint density at radius 1 is 0.765 bits per heavy atom. The molecule has 0 amide bonds. The molecule has 0 bridgehead atoms. The first-order chi connectivity index (χ1) is 15.5. The van der Waals surface area contributed by atoms with Gasteiger partial charge in [-0.2, -0.15) is 10.2 Å². The van der Waals surface area contributed by atoms with Crippen LogP contribution in [-0.2, 0) is 4.79 Å². The molecular formula is C26H18N2Na2O4. The van der Waals surface area contributed by atoms with Gasteiger partial charge in [0.1, 0.15) is 5.54 Å². The molecule has 8 heteroatoms. The van der Waals surface area contributed by atoms with Gasteiger partial charge in [0.15, 0.2) is 0 Å². The number of aromatic carboxylic acids is 1. The first-order valence-corrected chi connectivity index (χ1v) is 9.98. The van der Waals surface area contributed by atoms with Crippen molar-refractivity contribution in [3.8, 4) is 11.1 Å². The Balaban J connectivity index is 0.00000204. The molecule has 6 nitrogen and oxygen atoms in total. The number of rotatable bonds is 6. The Hall–Kier alpha value is -2.32. The van der Waals surface area contributed by atoms with Gasteiger partial charge in [-0.1, -0.05) is 78.9 Å². The fourth-order valence-electron chi connectivity index (χ4n) is 3.41. The van der Waals surface area contributed by atoms with E-state index in [1.807, 2.05) is 36.4 Å². The van der Waals surface area contributed by atoms with Crippen LogP contribution in [-0.4, -0.2) is 17.5 Å². The van der Waals surface area contributed by atoms with Gasteiger partial charge in [-0.05, 0) is 46.0 Å². The van der Waals surface area contributed by atoms with Crippen molar-refractivity contribution in [1.29, 1.82) is 0 Å². The Labute approximate surface area is 241 Å². The number of carboxylic acids is 2. The summed E-state index contributed by atoms with van der Waals surface area (Å²) in [4.78, 5) is 22.7. The van der Waals surface area contributed by atoms with Crippen molar-refractivity contribution in [3.63, 3.8) is 0 Å². The number of azo groups is 1. The molecule has 0 N–H and O–H groups in total. The van der Waals surface area contributed by atoms with Crippen LogP contribution in [0.15, 0.2) is 107 Å². The van der Waals surface area contributed by atoms with E-state index in [9.17, 15) is 19.8 Å². The Morgan fingerprint density at radius 2 is 1.35 bits per heavy atom. The third-order valence-electron chi connectivity index (χ3n) is 5.30. The SMILES string of the molecule is O=C([O-])c1ccc(-c2ccc(N=NC3(C(=O)[O-])C=CC(c4ccccc4)=CC3)cc2)cc1.[Na+].[Na+]. The van der Waals surface area contributed by atoms with Crippen molar-refractivity contribution >= 4 is 23.2 Å². The van der Waals surface area contributed by atoms with Crippen LogP contribution < -0.4 is 69.3 Å². The molecule has 0 fully saturated rings. The minimum Gasteiger partial charge on any atom is -0.547 e. The number of carboxylic acid groups (broad SMARTS) is 2. The van der Waals surface area contributed by atoms with E-state index >= 15 is 0 Å². The van der Waals surface area contributed by atoms with Crippen molar-refractivity contribution in [2.75, 3.05) is 0 Å². The Kier molecular flexibility index (Phi) is 10.2. The molecule has 0 heterocycles. The van der Waals surface area contributed by atoms with Crippen molar-refractivity contribution in [2.24, 2.45) is 10.2 Å². The fourth-order valence-corrected chi connectivity index (χ4v) is 3.41. The van der Waals surface area contributed by atoms with E-state index < -0.39 is 17.5 Å². The molecule has 0 saturated heterocycles. The molecule has 1 aliphatic rings. The van der Waals surface area contributed by atoms with Gasteiger partial charge >= 0.3 is 59.1 Å². The van der Waals surface area contributed by atoms with E-state index in [0.717, 1.165) is 22.3 Å². The molecule has 0 aliphatic heterocycles. The van der Waals surface area contributed by atoms with Crippen LogP contribution in [0, 0.1) is 0 Å². The van der Waals surface area contributed by atoms with E-state index in [1.165, 1.54) is 18.2 Å². The quantitative estimate of drug-likeness (QED) is 0.291. The summed E-state index contributed by atoms with van der Waals surface area (Å²) in [6.45, 7) is 0. The summed E-state index contributed by atoms with van der Waals surface area (Å²) in [5.74, 6) is -2.54. The number of hydrogen-bond acceptors (Lipinski definition) is 6. The third-order valence-corrected chi connectivity index (χ3v) is 5.30. The number of benzene rings is 3. The molecule has 1 aliphatic carbocycles. The van der Waals surface area contributed by atoms with E-state index in [2.05, 4.69) is 10.2 Å². The predicted octanol–water partition coefficient (Wildman–Crippen LogP) is -2.66. The fraction of sp³-hybridized carbons (Fsp3) is 0.0769. The largest absolute Gasteiger partial charge is 1.00 e. The number of carbonyl (C=O) groups excluding carboxylic acids is 2. The number of aliphatic carboxylic acids is 1. The first kappa shape index (κ1) is 27.9. The van der Waals surface area contributed by atoms with Crippen LogP contribution in [0.4, 0.5) is 5.69 Å². The van der Waals surface area contributed by atoms with Crippen LogP contribution >= 0.6 is 0 Å². The van der Waals surface area contributed by atoms with Gasteiger partial charge in [-0.3, -0.25) is 0 Å². The third kappa shape index (κ3) is 6.42. The minimum atomic E-state index is -1.56. The van der Waals surface area contributed by atoms with Crippen LogP contribution in [0.5, 0.6) is 0 Å². The second-order valence-corrected chi connectivity index (χ2v) is 7.39. The average Bonchev–Trinajstić information content (AvgIpc) is 2.84. The number of hydrogen-bond donors (Lipinski definition) is 0. The van der Waals surface area contributed by atoms with Gasteiger partial charge in [-0.15, -0.1) is 0 Å². The molecule has 158 valence electrons. The van der Waals surface area contributed by atoms with E-state index in [0.29, 0.717) is 5.69 Å². The summed E-state index contributed by atoms with van der Waals surface area (Å²) >= 11 is 0. The normalized spacial score (nSPS) is 16.8. The maximum absolute atomic E-state index is 11.9. The van der Waals surface area contributed by atoms with Crippen LogP contribution in [0.2, 0.25) is 0 Å². The molecule has 0 aromatic heterocycles. The Morgan fingerprint density at radius 3 is 1.85 bits per heavy atom. The molecule has 3 aromatic carbocycles. The summed E-state index contributed by atoms with van der Waals surface area (Å²) in [5, 5.41) is 31.0. The smallest absolute Gasteiger partial charge is 0.547 e. The zero-order valence-corrected chi connectivity index (χ0v) is 23.0. The van der Waals surface area contributed by atoms with Crippen LogP contribution in [0.3, 0.4) is 0 Å². The summed E-state index contributed by atoms with van der Waals surface area (Å²) in [5.41, 5.74) is 2.65.